The van der Waals surface area contributed by atoms with E-state index in [2.05, 4.69) is 11.3 Å². The smallest absolute Gasteiger partial charge is 0.330 e. The number of rotatable bonds is 6. The topological polar surface area (TPSA) is 43.4 Å². The first-order chi connectivity index (χ1) is 5.70. The van der Waals surface area contributed by atoms with Gasteiger partial charge in [-0.15, -0.1) is 0 Å². The molecule has 0 amide bonds. The Hall–Kier alpha value is -1.12. The molecule has 0 heterocycles. The summed E-state index contributed by atoms with van der Waals surface area (Å²) in [5.74, 6) is -0.577. The van der Waals surface area contributed by atoms with E-state index in [0.717, 1.165) is 18.9 Å². The van der Waals surface area contributed by atoms with Crippen molar-refractivity contribution in [3.63, 3.8) is 0 Å². The summed E-state index contributed by atoms with van der Waals surface area (Å²) < 4.78 is 4.54. The zero-order valence-corrected chi connectivity index (χ0v) is 7.34. The first kappa shape index (κ1) is 10.9. The summed E-state index contributed by atoms with van der Waals surface area (Å²) in [4.78, 5) is 21.4. The fourth-order valence-electron chi connectivity index (χ4n) is 0.657. The van der Waals surface area contributed by atoms with Crippen LogP contribution in [0.3, 0.4) is 0 Å². The maximum Gasteiger partial charge on any atom is 0.330 e. The molecule has 0 N–H and O–H groups in total. The van der Waals surface area contributed by atoms with E-state index in [1.807, 2.05) is 6.92 Å². The lowest BCUT2D eigenvalue weighted by Gasteiger charge is -1.99. The average Bonchev–Trinajstić information content (AvgIpc) is 2.10. The molecule has 0 aliphatic rings. The van der Waals surface area contributed by atoms with Crippen LogP contribution in [-0.4, -0.2) is 18.4 Å². The number of esters is 1. The molecule has 0 aliphatic carbocycles. The van der Waals surface area contributed by atoms with E-state index in [4.69, 9.17) is 0 Å². The number of unbranched alkanes of at least 4 members (excludes halogenated alkanes) is 1. The van der Waals surface area contributed by atoms with Crippen molar-refractivity contribution in [2.24, 2.45) is 0 Å². The van der Waals surface area contributed by atoms with E-state index in [-0.39, 0.29) is 12.4 Å². The van der Waals surface area contributed by atoms with Gasteiger partial charge in [0.25, 0.3) is 0 Å². The molecule has 0 fully saturated rings. The quantitative estimate of drug-likeness (QED) is 0.448. The average molecular weight is 170 g/mol. The summed E-state index contributed by atoms with van der Waals surface area (Å²) in [6.45, 7) is 5.10. The Labute approximate surface area is 72.4 Å². The van der Waals surface area contributed by atoms with Gasteiger partial charge in [-0.1, -0.05) is 19.9 Å². The van der Waals surface area contributed by atoms with Crippen LogP contribution in [0.15, 0.2) is 12.7 Å². The lowest BCUT2D eigenvalue weighted by molar-refractivity contribution is -0.143. The zero-order valence-electron chi connectivity index (χ0n) is 7.34. The maximum atomic E-state index is 10.9. The molecule has 68 valence electrons. The van der Waals surface area contributed by atoms with Crippen LogP contribution in [0.25, 0.3) is 0 Å². The lowest BCUT2D eigenvalue weighted by Crippen LogP contribution is -2.11. The zero-order chi connectivity index (χ0) is 9.40. The summed E-state index contributed by atoms with van der Waals surface area (Å²) >= 11 is 0. The number of carbonyl (C=O) groups excluding carboxylic acids is 2. The standard InChI is InChI=1S/C9H14O3/c1-3-5-6-8(10)7-12-9(11)4-2/h4H,2-3,5-7H2,1H3. The van der Waals surface area contributed by atoms with E-state index in [1.54, 1.807) is 0 Å². The molecule has 0 spiro atoms. The van der Waals surface area contributed by atoms with E-state index in [0.29, 0.717) is 6.42 Å². The lowest BCUT2D eigenvalue weighted by atomic mass is 10.2. The monoisotopic (exact) mass is 170 g/mol. The first-order valence-corrected chi connectivity index (χ1v) is 4.01. The molecule has 0 bridgehead atoms. The van der Waals surface area contributed by atoms with E-state index >= 15 is 0 Å². The highest BCUT2D eigenvalue weighted by atomic mass is 16.5. The van der Waals surface area contributed by atoms with Gasteiger partial charge in [0.15, 0.2) is 5.78 Å². The molecule has 0 atom stereocenters. The summed E-state index contributed by atoms with van der Waals surface area (Å²) in [5.41, 5.74) is 0. The van der Waals surface area contributed by atoms with Gasteiger partial charge in [0.1, 0.15) is 6.61 Å². The molecule has 3 heteroatoms. The summed E-state index contributed by atoms with van der Waals surface area (Å²) in [6.07, 6.45) is 3.36. The number of hydrogen-bond donors (Lipinski definition) is 0. The fourth-order valence-corrected chi connectivity index (χ4v) is 0.657. The third-order valence-corrected chi connectivity index (χ3v) is 1.35. The van der Waals surface area contributed by atoms with Crippen LogP contribution in [0, 0.1) is 0 Å². The Morgan fingerprint density at radius 3 is 2.67 bits per heavy atom. The highest BCUT2D eigenvalue weighted by molar-refractivity contribution is 5.86. The number of carbonyl (C=O) groups is 2. The van der Waals surface area contributed by atoms with Crippen molar-refractivity contribution in [2.75, 3.05) is 6.61 Å². The van der Waals surface area contributed by atoms with Gasteiger partial charge in [-0.2, -0.15) is 0 Å². The predicted octanol–water partition coefficient (Wildman–Crippen LogP) is 1.47. The van der Waals surface area contributed by atoms with Gasteiger partial charge >= 0.3 is 5.97 Å². The van der Waals surface area contributed by atoms with Crippen molar-refractivity contribution in [3.8, 4) is 0 Å². The Bertz CT molecular complexity index is 173. The normalized spacial score (nSPS) is 9.08. The van der Waals surface area contributed by atoms with Gasteiger partial charge in [0.05, 0.1) is 0 Å². The molecule has 0 aromatic carbocycles. The molecule has 0 saturated carbocycles. The third-order valence-electron chi connectivity index (χ3n) is 1.35. The molecule has 0 aromatic heterocycles. The van der Waals surface area contributed by atoms with E-state index in [1.165, 1.54) is 0 Å². The Kier molecular flexibility index (Phi) is 5.97. The van der Waals surface area contributed by atoms with Crippen LogP contribution in [0.5, 0.6) is 0 Å². The molecule has 0 aliphatic heterocycles. The second-order valence-electron chi connectivity index (χ2n) is 2.45. The molecule has 12 heavy (non-hydrogen) atoms. The molecule has 0 radical (unpaired) electrons. The van der Waals surface area contributed by atoms with E-state index in [9.17, 15) is 9.59 Å². The minimum Gasteiger partial charge on any atom is -0.455 e. The minimum atomic E-state index is -0.542. The highest BCUT2D eigenvalue weighted by Crippen LogP contribution is 1.95. The molecular weight excluding hydrogens is 156 g/mol. The number of hydrogen-bond acceptors (Lipinski definition) is 3. The van der Waals surface area contributed by atoms with Crippen LogP contribution < -0.4 is 0 Å². The summed E-state index contributed by atoms with van der Waals surface area (Å²) in [6, 6.07) is 0. The number of Topliss-reactive ketones (excluding diaryl/α,β-unsaturated/α-hetero) is 1. The van der Waals surface area contributed by atoms with Crippen molar-refractivity contribution in [1.82, 2.24) is 0 Å². The van der Waals surface area contributed by atoms with Crippen molar-refractivity contribution in [1.29, 1.82) is 0 Å². The van der Waals surface area contributed by atoms with Crippen LogP contribution >= 0.6 is 0 Å². The van der Waals surface area contributed by atoms with Gasteiger partial charge in [-0.05, 0) is 6.42 Å². The van der Waals surface area contributed by atoms with Gasteiger partial charge in [0, 0.05) is 12.5 Å². The van der Waals surface area contributed by atoms with Crippen molar-refractivity contribution < 1.29 is 14.3 Å². The van der Waals surface area contributed by atoms with Gasteiger partial charge in [0.2, 0.25) is 0 Å². The van der Waals surface area contributed by atoms with E-state index < -0.39 is 5.97 Å². The third kappa shape index (κ3) is 5.65. The fraction of sp³-hybridized carbons (Fsp3) is 0.556. The van der Waals surface area contributed by atoms with Crippen LogP contribution in [0.1, 0.15) is 26.2 Å². The SMILES string of the molecule is C=CC(=O)OCC(=O)CCCC. The Morgan fingerprint density at radius 1 is 1.50 bits per heavy atom. The molecule has 0 saturated heterocycles. The van der Waals surface area contributed by atoms with Gasteiger partial charge in [-0.25, -0.2) is 4.79 Å². The highest BCUT2D eigenvalue weighted by Gasteiger charge is 2.03. The van der Waals surface area contributed by atoms with Crippen molar-refractivity contribution in [2.45, 2.75) is 26.2 Å². The summed E-state index contributed by atoms with van der Waals surface area (Å²) in [5, 5.41) is 0. The van der Waals surface area contributed by atoms with Crippen molar-refractivity contribution in [3.05, 3.63) is 12.7 Å². The van der Waals surface area contributed by atoms with Crippen molar-refractivity contribution >= 4 is 11.8 Å². The van der Waals surface area contributed by atoms with Crippen LogP contribution in [-0.2, 0) is 14.3 Å². The second kappa shape index (κ2) is 6.58. The maximum absolute atomic E-state index is 10.9. The molecule has 0 unspecified atom stereocenters. The molecular formula is C9H14O3. The number of ether oxygens (including phenoxy) is 1. The van der Waals surface area contributed by atoms with Crippen LogP contribution in [0.2, 0.25) is 0 Å². The van der Waals surface area contributed by atoms with Gasteiger partial charge in [-0.3, -0.25) is 4.79 Å². The predicted molar refractivity (Wildman–Crippen MR) is 45.7 cm³/mol. The van der Waals surface area contributed by atoms with Gasteiger partial charge < -0.3 is 4.74 Å². The largest absolute Gasteiger partial charge is 0.455 e. The summed E-state index contributed by atoms with van der Waals surface area (Å²) in [7, 11) is 0. The molecule has 3 nitrogen and oxygen atoms in total. The Balaban J connectivity index is 3.43. The first-order valence-electron chi connectivity index (χ1n) is 4.01. The van der Waals surface area contributed by atoms with Crippen LogP contribution in [0.4, 0.5) is 0 Å². The molecule has 0 rings (SSSR count). The minimum absolute atomic E-state index is 0.0351. The Morgan fingerprint density at radius 2 is 2.17 bits per heavy atom. The second-order valence-corrected chi connectivity index (χ2v) is 2.45. The number of ketones is 1. The molecule has 0 aromatic rings.